The summed E-state index contributed by atoms with van der Waals surface area (Å²) in [7, 11) is 0. The Balaban J connectivity index is 0.000000437. The minimum Gasteiger partial charge on any atom is -0.351 e. The Bertz CT molecular complexity index is 943. The quantitative estimate of drug-likeness (QED) is 0.440. The van der Waals surface area contributed by atoms with E-state index in [1.807, 2.05) is 0 Å². The molecule has 0 bridgehead atoms. The molecule has 0 spiro atoms. The summed E-state index contributed by atoms with van der Waals surface area (Å²) in [5.41, 5.74) is 10.4. The molecule has 2 aromatic heterocycles. The molecule has 0 fully saturated rings. The summed E-state index contributed by atoms with van der Waals surface area (Å²) in [6.07, 6.45) is 11.5. The van der Waals surface area contributed by atoms with E-state index in [4.69, 9.17) is 0 Å². The number of aryl methyl sites for hydroxylation is 6. The highest BCUT2D eigenvalue weighted by molar-refractivity contribution is 5.85. The lowest BCUT2D eigenvalue weighted by atomic mass is 10.0. The summed E-state index contributed by atoms with van der Waals surface area (Å²) in [6.45, 7) is 13.0. The van der Waals surface area contributed by atoms with Crippen molar-refractivity contribution in [3.63, 3.8) is 0 Å². The van der Waals surface area contributed by atoms with Crippen molar-refractivity contribution in [3.05, 3.63) is 95.1 Å². The van der Waals surface area contributed by atoms with Gasteiger partial charge in [0.05, 0.1) is 6.33 Å². The molecule has 0 saturated heterocycles. The Kier molecular flexibility index (Phi) is 7.40. The monoisotopic (exact) mass is 409 g/mol. The van der Waals surface area contributed by atoms with Gasteiger partial charge in [-0.2, -0.15) is 0 Å². The summed E-state index contributed by atoms with van der Waals surface area (Å²) in [6, 6.07) is 8.98. The summed E-state index contributed by atoms with van der Waals surface area (Å²) in [4.78, 5) is 6.42. The maximum absolute atomic E-state index is 3.67. The SMILES string of the molecule is Cc1cc(C)c(-n2cc[n+](-c3c(C)cc(C)cc3C)c2)c(C)c1.Cl.c1c[nH]cn1. The van der Waals surface area contributed by atoms with Crippen LogP contribution in [0, 0.1) is 41.5 Å². The van der Waals surface area contributed by atoms with E-state index < -0.39 is 0 Å². The predicted molar refractivity (Wildman–Crippen MR) is 122 cm³/mol. The van der Waals surface area contributed by atoms with Crippen LogP contribution in [0.15, 0.2) is 61.7 Å². The largest absolute Gasteiger partial charge is 0.351 e. The van der Waals surface area contributed by atoms with Crippen LogP contribution in [0.5, 0.6) is 0 Å². The Morgan fingerprint density at radius 3 is 1.83 bits per heavy atom. The summed E-state index contributed by atoms with van der Waals surface area (Å²) >= 11 is 0. The number of aromatic amines is 1. The third-order valence-electron chi connectivity index (χ3n) is 4.83. The molecule has 0 amide bonds. The molecule has 4 rings (SSSR count). The molecule has 0 aliphatic carbocycles. The van der Waals surface area contributed by atoms with Crippen molar-refractivity contribution in [2.45, 2.75) is 41.5 Å². The van der Waals surface area contributed by atoms with Gasteiger partial charge in [0.2, 0.25) is 0 Å². The van der Waals surface area contributed by atoms with Gasteiger partial charge in [-0.05, 0) is 63.8 Å². The molecular weight excluding hydrogens is 380 g/mol. The zero-order valence-corrected chi connectivity index (χ0v) is 18.8. The summed E-state index contributed by atoms with van der Waals surface area (Å²) in [5, 5.41) is 0. The molecule has 0 aliphatic heterocycles. The first-order valence-corrected chi connectivity index (χ1v) is 9.55. The molecule has 4 aromatic rings. The number of hydrogen-bond donors (Lipinski definition) is 1. The lowest BCUT2D eigenvalue weighted by molar-refractivity contribution is -0.595. The summed E-state index contributed by atoms with van der Waals surface area (Å²) in [5.74, 6) is 0. The Morgan fingerprint density at radius 2 is 1.38 bits per heavy atom. The van der Waals surface area contributed by atoms with Gasteiger partial charge < -0.3 is 4.98 Å². The Labute approximate surface area is 179 Å². The number of aromatic nitrogens is 4. The molecular formula is C24H30ClN4+. The fourth-order valence-electron chi connectivity index (χ4n) is 3.99. The van der Waals surface area contributed by atoms with Crippen molar-refractivity contribution in [3.8, 4) is 11.4 Å². The van der Waals surface area contributed by atoms with Crippen LogP contribution in [0.25, 0.3) is 11.4 Å². The van der Waals surface area contributed by atoms with E-state index in [-0.39, 0.29) is 12.4 Å². The molecule has 4 nitrogen and oxygen atoms in total. The van der Waals surface area contributed by atoms with Crippen molar-refractivity contribution in [1.82, 2.24) is 14.5 Å². The molecule has 152 valence electrons. The number of imidazole rings is 2. The second-order valence-electron chi connectivity index (χ2n) is 7.48. The summed E-state index contributed by atoms with van der Waals surface area (Å²) < 4.78 is 4.45. The third-order valence-corrected chi connectivity index (χ3v) is 4.83. The molecule has 5 heteroatoms. The number of H-pyrrole nitrogens is 1. The minimum atomic E-state index is 0. The van der Waals surface area contributed by atoms with E-state index in [0.29, 0.717) is 0 Å². The van der Waals surface area contributed by atoms with Crippen molar-refractivity contribution in [2.75, 3.05) is 0 Å². The van der Waals surface area contributed by atoms with Crippen LogP contribution in [0.3, 0.4) is 0 Å². The first-order valence-electron chi connectivity index (χ1n) is 9.55. The van der Waals surface area contributed by atoms with Crippen molar-refractivity contribution < 1.29 is 4.57 Å². The van der Waals surface area contributed by atoms with Crippen LogP contribution in [0.1, 0.15) is 33.4 Å². The second kappa shape index (κ2) is 9.57. The van der Waals surface area contributed by atoms with Gasteiger partial charge in [0, 0.05) is 12.4 Å². The fraction of sp³-hybridized carbons (Fsp3) is 0.250. The van der Waals surface area contributed by atoms with Crippen LogP contribution in [-0.4, -0.2) is 14.5 Å². The first kappa shape index (κ1) is 22.4. The third kappa shape index (κ3) is 5.15. The van der Waals surface area contributed by atoms with E-state index in [0.717, 1.165) is 0 Å². The van der Waals surface area contributed by atoms with Crippen molar-refractivity contribution >= 4 is 12.4 Å². The molecule has 2 aromatic carbocycles. The molecule has 29 heavy (non-hydrogen) atoms. The lowest BCUT2D eigenvalue weighted by Crippen LogP contribution is -2.30. The number of halogens is 1. The van der Waals surface area contributed by atoms with E-state index in [9.17, 15) is 0 Å². The van der Waals surface area contributed by atoms with Gasteiger partial charge >= 0.3 is 0 Å². The van der Waals surface area contributed by atoms with Crippen LogP contribution in [0.2, 0.25) is 0 Å². The highest BCUT2D eigenvalue weighted by atomic mass is 35.5. The number of nitrogens with zero attached hydrogens (tertiary/aromatic N) is 3. The standard InChI is InChI=1S/C21H25N2.C3H4N2.ClH/c1-14-9-16(3)20(17(4)10-14)22-7-8-23(13-22)21-18(5)11-15(2)12-19(21)6;1-2-5-3-4-1;/h7-13H,1-6H3;1-3H,(H,4,5);1H/q+1;;. The molecule has 0 atom stereocenters. The van der Waals surface area contributed by atoms with E-state index >= 15 is 0 Å². The van der Waals surface area contributed by atoms with Gasteiger partial charge in [-0.15, -0.1) is 12.4 Å². The second-order valence-corrected chi connectivity index (χ2v) is 7.48. The molecule has 0 aliphatic rings. The predicted octanol–water partition coefficient (Wildman–Crippen LogP) is 5.44. The minimum absolute atomic E-state index is 0. The first-order chi connectivity index (χ1) is 13.4. The topological polar surface area (TPSA) is 37.5 Å². The average molecular weight is 410 g/mol. The maximum atomic E-state index is 3.67. The van der Waals surface area contributed by atoms with E-state index in [2.05, 4.69) is 104 Å². The maximum Gasteiger partial charge on any atom is 0.254 e. The zero-order chi connectivity index (χ0) is 20.3. The van der Waals surface area contributed by atoms with Gasteiger partial charge in [0.25, 0.3) is 6.33 Å². The smallest absolute Gasteiger partial charge is 0.254 e. The van der Waals surface area contributed by atoms with Crippen LogP contribution >= 0.6 is 12.4 Å². The fourth-order valence-corrected chi connectivity index (χ4v) is 3.99. The van der Waals surface area contributed by atoms with Crippen LogP contribution < -0.4 is 4.57 Å². The van der Waals surface area contributed by atoms with Crippen molar-refractivity contribution in [1.29, 1.82) is 0 Å². The molecule has 2 heterocycles. The Hall–Kier alpha value is -2.85. The highest BCUT2D eigenvalue weighted by Gasteiger charge is 2.16. The molecule has 0 radical (unpaired) electrons. The van der Waals surface area contributed by atoms with Gasteiger partial charge in [-0.3, -0.25) is 0 Å². The molecule has 0 unspecified atom stereocenters. The van der Waals surface area contributed by atoms with Gasteiger partial charge in [-0.25, -0.2) is 14.1 Å². The average Bonchev–Trinajstić information content (AvgIpc) is 3.28. The number of hydrogen-bond acceptors (Lipinski definition) is 1. The van der Waals surface area contributed by atoms with Gasteiger partial charge in [-0.1, -0.05) is 35.4 Å². The number of nitrogens with one attached hydrogen (secondary N) is 1. The van der Waals surface area contributed by atoms with Gasteiger partial charge in [0.15, 0.2) is 0 Å². The van der Waals surface area contributed by atoms with Crippen LogP contribution in [-0.2, 0) is 0 Å². The number of benzene rings is 2. The van der Waals surface area contributed by atoms with Crippen molar-refractivity contribution in [2.24, 2.45) is 0 Å². The molecule has 1 N–H and O–H groups in total. The van der Waals surface area contributed by atoms with E-state index in [1.54, 1.807) is 18.7 Å². The highest BCUT2D eigenvalue weighted by Crippen LogP contribution is 2.21. The van der Waals surface area contributed by atoms with Crippen LogP contribution in [0.4, 0.5) is 0 Å². The Morgan fingerprint density at radius 1 is 0.828 bits per heavy atom. The molecule has 0 saturated carbocycles. The normalized spacial score (nSPS) is 10.1. The van der Waals surface area contributed by atoms with E-state index in [1.165, 1.54) is 44.8 Å². The zero-order valence-electron chi connectivity index (χ0n) is 18.0. The lowest BCUT2D eigenvalue weighted by Gasteiger charge is -2.08. The van der Waals surface area contributed by atoms with Gasteiger partial charge in [0.1, 0.15) is 23.8 Å². The number of rotatable bonds is 2.